The van der Waals surface area contributed by atoms with Crippen molar-refractivity contribution in [2.45, 2.75) is 33.7 Å². The van der Waals surface area contributed by atoms with Crippen LogP contribution in [0.4, 0.5) is 15.8 Å². The van der Waals surface area contributed by atoms with Gasteiger partial charge in [0.1, 0.15) is 5.82 Å². The Morgan fingerprint density at radius 3 is 2.41 bits per heavy atom. The first-order chi connectivity index (χ1) is 12.9. The molecule has 1 amide bonds. The SMILES string of the molecule is Cc1ccc(NC(=O)[C@@H](C)N2CCN(c3cccc(C)c3C)CC2)cc1F. The number of benzene rings is 2. The summed E-state index contributed by atoms with van der Waals surface area (Å²) in [4.78, 5) is 17.1. The third-order valence-corrected chi connectivity index (χ3v) is 5.60. The van der Waals surface area contributed by atoms with E-state index in [1.54, 1.807) is 19.1 Å². The molecular formula is C22H28FN3O. The molecule has 4 nitrogen and oxygen atoms in total. The highest BCUT2D eigenvalue weighted by Crippen LogP contribution is 2.24. The highest BCUT2D eigenvalue weighted by atomic mass is 19.1. The van der Waals surface area contributed by atoms with Crippen LogP contribution >= 0.6 is 0 Å². The summed E-state index contributed by atoms with van der Waals surface area (Å²) in [7, 11) is 0. The Morgan fingerprint density at radius 2 is 1.74 bits per heavy atom. The van der Waals surface area contributed by atoms with Crippen LogP contribution < -0.4 is 10.2 Å². The molecule has 3 rings (SSSR count). The van der Waals surface area contributed by atoms with Crippen molar-refractivity contribution in [3.05, 3.63) is 58.9 Å². The van der Waals surface area contributed by atoms with Crippen molar-refractivity contribution in [1.82, 2.24) is 4.90 Å². The van der Waals surface area contributed by atoms with E-state index in [0.29, 0.717) is 11.3 Å². The van der Waals surface area contributed by atoms with Gasteiger partial charge in [-0.15, -0.1) is 0 Å². The first kappa shape index (κ1) is 19.4. The second-order valence-electron chi connectivity index (χ2n) is 7.37. The van der Waals surface area contributed by atoms with Crippen molar-refractivity contribution < 1.29 is 9.18 Å². The highest BCUT2D eigenvalue weighted by molar-refractivity contribution is 5.94. The first-order valence-electron chi connectivity index (χ1n) is 9.49. The maximum Gasteiger partial charge on any atom is 0.241 e. The number of nitrogens with zero attached hydrogens (tertiary/aromatic N) is 2. The lowest BCUT2D eigenvalue weighted by Gasteiger charge is -2.39. The maximum atomic E-state index is 13.7. The zero-order valence-corrected chi connectivity index (χ0v) is 16.6. The minimum atomic E-state index is -0.303. The van der Waals surface area contributed by atoms with Crippen LogP contribution in [0.25, 0.3) is 0 Å². The van der Waals surface area contributed by atoms with Gasteiger partial charge in [0, 0.05) is 37.6 Å². The van der Waals surface area contributed by atoms with Crippen LogP contribution in [0.5, 0.6) is 0 Å². The first-order valence-corrected chi connectivity index (χ1v) is 9.49. The van der Waals surface area contributed by atoms with Crippen LogP contribution in [-0.2, 0) is 4.79 Å². The third kappa shape index (κ3) is 4.30. The molecule has 1 atom stereocenters. The Morgan fingerprint density at radius 1 is 1.04 bits per heavy atom. The van der Waals surface area contributed by atoms with Gasteiger partial charge in [-0.2, -0.15) is 0 Å². The smallest absolute Gasteiger partial charge is 0.241 e. The Labute approximate surface area is 161 Å². The number of hydrogen-bond donors (Lipinski definition) is 1. The molecule has 1 aliphatic heterocycles. The number of amides is 1. The van der Waals surface area contributed by atoms with Gasteiger partial charge in [0.25, 0.3) is 0 Å². The van der Waals surface area contributed by atoms with E-state index in [1.807, 2.05) is 6.92 Å². The summed E-state index contributed by atoms with van der Waals surface area (Å²) in [5.41, 5.74) is 4.97. The third-order valence-electron chi connectivity index (χ3n) is 5.60. The van der Waals surface area contributed by atoms with E-state index in [1.165, 1.54) is 22.9 Å². The van der Waals surface area contributed by atoms with Crippen molar-refractivity contribution >= 4 is 17.3 Å². The molecule has 27 heavy (non-hydrogen) atoms. The summed E-state index contributed by atoms with van der Waals surface area (Å²) in [6, 6.07) is 10.9. The normalized spacial score (nSPS) is 16.3. The molecule has 1 heterocycles. The van der Waals surface area contributed by atoms with Gasteiger partial charge in [-0.25, -0.2) is 4.39 Å². The highest BCUT2D eigenvalue weighted by Gasteiger charge is 2.26. The predicted octanol–water partition coefficient (Wildman–Crippen LogP) is 3.90. The topological polar surface area (TPSA) is 35.6 Å². The second-order valence-corrected chi connectivity index (χ2v) is 7.37. The lowest BCUT2D eigenvalue weighted by atomic mass is 10.1. The molecule has 144 valence electrons. The number of nitrogens with one attached hydrogen (secondary N) is 1. The average molecular weight is 369 g/mol. The van der Waals surface area contributed by atoms with Gasteiger partial charge in [0.05, 0.1) is 6.04 Å². The van der Waals surface area contributed by atoms with Crippen LogP contribution in [0.3, 0.4) is 0 Å². The lowest BCUT2D eigenvalue weighted by Crippen LogP contribution is -2.53. The number of halogens is 1. The Balaban J connectivity index is 1.59. The number of piperazine rings is 1. The standard InChI is InChI=1S/C22H28FN3O/c1-15-6-5-7-21(17(15)3)26-12-10-25(11-13-26)18(4)22(27)24-19-9-8-16(2)20(23)14-19/h5-9,14,18H,10-13H2,1-4H3,(H,24,27)/t18-/m1/s1. The minimum absolute atomic E-state index is 0.0987. The van der Waals surface area contributed by atoms with Crippen molar-refractivity contribution in [2.75, 3.05) is 36.4 Å². The molecule has 1 saturated heterocycles. The summed E-state index contributed by atoms with van der Waals surface area (Å²) in [5.74, 6) is -0.402. The summed E-state index contributed by atoms with van der Waals surface area (Å²) in [5, 5.41) is 2.83. The molecule has 0 bridgehead atoms. The Bertz CT molecular complexity index is 828. The molecule has 1 fully saturated rings. The van der Waals surface area contributed by atoms with Gasteiger partial charge in [0.15, 0.2) is 0 Å². The number of aryl methyl sites for hydroxylation is 2. The molecule has 0 saturated carbocycles. The zero-order valence-electron chi connectivity index (χ0n) is 16.6. The fraction of sp³-hybridized carbons (Fsp3) is 0.409. The molecule has 2 aromatic carbocycles. The Hall–Kier alpha value is -2.40. The Kier molecular flexibility index (Phi) is 5.80. The van der Waals surface area contributed by atoms with Gasteiger partial charge in [-0.1, -0.05) is 18.2 Å². The molecule has 0 aromatic heterocycles. The summed E-state index contributed by atoms with van der Waals surface area (Å²) >= 11 is 0. The monoisotopic (exact) mass is 369 g/mol. The largest absolute Gasteiger partial charge is 0.369 e. The molecule has 5 heteroatoms. The molecule has 0 spiro atoms. The van der Waals surface area contributed by atoms with Crippen molar-refractivity contribution in [2.24, 2.45) is 0 Å². The van der Waals surface area contributed by atoms with Gasteiger partial charge >= 0.3 is 0 Å². The van der Waals surface area contributed by atoms with Crippen molar-refractivity contribution in [1.29, 1.82) is 0 Å². The van der Waals surface area contributed by atoms with Crippen LogP contribution in [-0.4, -0.2) is 43.0 Å². The van der Waals surface area contributed by atoms with Gasteiger partial charge < -0.3 is 10.2 Å². The number of carbonyl (C=O) groups is 1. The van der Waals surface area contributed by atoms with Crippen LogP contribution in [0.2, 0.25) is 0 Å². The van der Waals surface area contributed by atoms with E-state index in [0.717, 1.165) is 26.2 Å². The number of carbonyl (C=O) groups excluding carboxylic acids is 1. The lowest BCUT2D eigenvalue weighted by molar-refractivity contribution is -0.120. The van der Waals surface area contributed by atoms with Crippen LogP contribution in [0, 0.1) is 26.6 Å². The van der Waals surface area contributed by atoms with Gasteiger partial charge in [-0.3, -0.25) is 9.69 Å². The summed E-state index contributed by atoms with van der Waals surface area (Å²) in [6.45, 7) is 11.3. The summed E-state index contributed by atoms with van der Waals surface area (Å²) < 4.78 is 13.7. The van der Waals surface area contributed by atoms with Crippen molar-refractivity contribution in [3.8, 4) is 0 Å². The van der Waals surface area contributed by atoms with E-state index in [2.05, 4.69) is 47.2 Å². The number of anilines is 2. The van der Waals surface area contributed by atoms with Crippen molar-refractivity contribution in [3.63, 3.8) is 0 Å². The fourth-order valence-electron chi connectivity index (χ4n) is 3.51. The molecule has 1 N–H and O–H groups in total. The van der Waals surface area contributed by atoms with Gasteiger partial charge in [-0.05, 0) is 62.6 Å². The van der Waals surface area contributed by atoms with E-state index in [-0.39, 0.29) is 17.8 Å². The zero-order chi connectivity index (χ0) is 19.6. The second kappa shape index (κ2) is 8.09. The number of rotatable bonds is 4. The predicted molar refractivity (Wildman–Crippen MR) is 109 cm³/mol. The van der Waals surface area contributed by atoms with E-state index in [4.69, 9.17) is 0 Å². The van der Waals surface area contributed by atoms with E-state index in [9.17, 15) is 9.18 Å². The van der Waals surface area contributed by atoms with Crippen LogP contribution in [0.1, 0.15) is 23.6 Å². The summed E-state index contributed by atoms with van der Waals surface area (Å²) in [6.07, 6.45) is 0. The molecule has 0 aliphatic carbocycles. The molecule has 2 aromatic rings. The quantitative estimate of drug-likeness (QED) is 0.888. The van der Waals surface area contributed by atoms with E-state index >= 15 is 0 Å². The maximum absolute atomic E-state index is 13.7. The molecule has 0 radical (unpaired) electrons. The minimum Gasteiger partial charge on any atom is -0.369 e. The molecular weight excluding hydrogens is 341 g/mol. The molecule has 1 aliphatic rings. The fourth-order valence-corrected chi connectivity index (χ4v) is 3.51. The average Bonchev–Trinajstić information content (AvgIpc) is 2.66. The van der Waals surface area contributed by atoms with E-state index < -0.39 is 0 Å². The number of hydrogen-bond acceptors (Lipinski definition) is 3. The van der Waals surface area contributed by atoms with Gasteiger partial charge in [0.2, 0.25) is 5.91 Å². The molecule has 0 unspecified atom stereocenters. The van der Waals surface area contributed by atoms with Crippen LogP contribution in [0.15, 0.2) is 36.4 Å².